The number of aryl methyl sites for hydroxylation is 1. The molecule has 4 aromatic rings. The number of carbonyl (C=O) groups is 1. The van der Waals surface area contributed by atoms with Crippen molar-refractivity contribution in [1.82, 2.24) is 14.9 Å². The van der Waals surface area contributed by atoms with E-state index in [1.54, 1.807) is 20.3 Å². The van der Waals surface area contributed by atoms with Gasteiger partial charge in [0.05, 0.1) is 26.1 Å². The van der Waals surface area contributed by atoms with Crippen LogP contribution in [0.2, 0.25) is 0 Å². The predicted molar refractivity (Wildman–Crippen MR) is 125 cm³/mol. The van der Waals surface area contributed by atoms with Gasteiger partial charge < -0.3 is 14.8 Å². The Hall–Kier alpha value is -3.65. The van der Waals surface area contributed by atoms with Crippen molar-refractivity contribution in [2.24, 2.45) is 0 Å². The first-order chi connectivity index (χ1) is 15.5. The van der Waals surface area contributed by atoms with Gasteiger partial charge in [-0.1, -0.05) is 42.0 Å². The Morgan fingerprint density at radius 1 is 1.12 bits per heavy atom. The van der Waals surface area contributed by atoms with Gasteiger partial charge in [-0.3, -0.25) is 14.2 Å². The Morgan fingerprint density at radius 3 is 2.62 bits per heavy atom. The second-order valence-corrected chi connectivity index (χ2v) is 8.18. The minimum atomic E-state index is -0.298. The highest BCUT2D eigenvalue weighted by Gasteiger charge is 2.15. The third kappa shape index (κ3) is 4.22. The topological polar surface area (TPSA) is 82.5 Å². The minimum Gasteiger partial charge on any atom is -0.493 e. The van der Waals surface area contributed by atoms with E-state index < -0.39 is 0 Å². The summed E-state index contributed by atoms with van der Waals surface area (Å²) < 4.78 is 12.5. The van der Waals surface area contributed by atoms with Crippen LogP contribution in [0.15, 0.2) is 59.0 Å². The van der Waals surface area contributed by atoms with Crippen LogP contribution in [0.1, 0.15) is 11.1 Å². The molecule has 0 bridgehead atoms. The summed E-state index contributed by atoms with van der Waals surface area (Å²) in [6.07, 6.45) is 1.43. The zero-order valence-electron chi connectivity index (χ0n) is 18.0. The van der Waals surface area contributed by atoms with Gasteiger partial charge in [0.15, 0.2) is 11.5 Å². The van der Waals surface area contributed by atoms with Crippen LogP contribution < -0.4 is 20.3 Å². The molecule has 8 heteroatoms. The lowest BCUT2D eigenvalue weighted by Gasteiger charge is -2.13. The number of hydrogen-bond donors (Lipinski definition) is 1. The van der Waals surface area contributed by atoms with Crippen LogP contribution in [0.25, 0.3) is 21.3 Å². The van der Waals surface area contributed by atoms with E-state index in [0.717, 1.165) is 16.7 Å². The Bertz CT molecular complexity index is 1330. The summed E-state index contributed by atoms with van der Waals surface area (Å²) in [4.78, 5) is 29.9. The number of ether oxygens (including phenoxy) is 2. The van der Waals surface area contributed by atoms with E-state index in [0.29, 0.717) is 21.7 Å². The number of nitrogens with one attached hydrogen (secondary N) is 1. The van der Waals surface area contributed by atoms with Crippen LogP contribution in [0.4, 0.5) is 0 Å². The molecule has 2 aromatic carbocycles. The molecule has 1 amide bonds. The zero-order valence-corrected chi connectivity index (χ0v) is 18.9. The van der Waals surface area contributed by atoms with Crippen molar-refractivity contribution in [1.29, 1.82) is 0 Å². The second-order valence-electron chi connectivity index (χ2n) is 7.30. The molecule has 0 aliphatic heterocycles. The minimum absolute atomic E-state index is 0.119. The van der Waals surface area contributed by atoms with Gasteiger partial charge in [0.1, 0.15) is 11.2 Å². The third-order valence-electron chi connectivity index (χ3n) is 5.18. The molecule has 0 aliphatic carbocycles. The first-order valence-corrected chi connectivity index (χ1v) is 10.9. The van der Waals surface area contributed by atoms with Crippen molar-refractivity contribution in [2.75, 3.05) is 14.2 Å². The fourth-order valence-corrected chi connectivity index (χ4v) is 4.47. The van der Waals surface area contributed by atoms with Gasteiger partial charge in [0.25, 0.3) is 5.56 Å². The summed E-state index contributed by atoms with van der Waals surface area (Å²) >= 11 is 1.34. The van der Waals surface area contributed by atoms with E-state index >= 15 is 0 Å². The first kappa shape index (κ1) is 21.6. The van der Waals surface area contributed by atoms with Crippen molar-refractivity contribution < 1.29 is 14.3 Å². The number of amides is 1. The highest BCUT2D eigenvalue weighted by molar-refractivity contribution is 7.17. The Kier molecular flexibility index (Phi) is 6.23. The van der Waals surface area contributed by atoms with E-state index in [9.17, 15) is 9.59 Å². The zero-order chi connectivity index (χ0) is 22.7. The second kappa shape index (κ2) is 9.23. The van der Waals surface area contributed by atoms with Crippen molar-refractivity contribution in [3.05, 3.63) is 75.7 Å². The molecule has 0 unspecified atom stereocenters. The number of benzene rings is 2. The molecule has 0 fully saturated rings. The Labute approximate surface area is 189 Å². The highest BCUT2D eigenvalue weighted by atomic mass is 32.1. The molecule has 0 saturated carbocycles. The van der Waals surface area contributed by atoms with E-state index in [-0.39, 0.29) is 24.6 Å². The quantitative estimate of drug-likeness (QED) is 0.465. The van der Waals surface area contributed by atoms with Crippen molar-refractivity contribution >= 4 is 27.5 Å². The number of para-hydroxylation sites is 1. The van der Waals surface area contributed by atoms with Crippen LogP contribution >= 0.6 is 11.3 Å². The molecule has 0 atom stereocenters. The number of nitrogens with zero attached hydrogens (tertiary/aromatic N) is 2. The molecule has 164 valence electrons. The highest BCUT2D eigenvalue weighted by Crippen LogP contribution is 2.31. The normalized spacial score (nSPS) is 10.8. The van der Waals surface area contributed by atoms with Crippen LogP contribution in [-0.4, -0.2) is 29.7 Å². The fourth-order valence-electron chi connectivity index (χ4n) is 3.49. The molecule has 32 heavy (non-hydrogen) atoms. The molecular weight excluding hydrogens is 426 g/mol. The number of fused-ring (bicyclic) bond motifs is 1. The van der Waals surface area contributed by atoms with Gasteiger partial charge in [-0.2, -0.15) is 0 Å². The third-order valence-corrected chi connectivity index (χ3v) is 6.14. The molecular formula is C24H23N3O4S. The lowest BCUT2D eigenvalue weighted by molar-refractivity contribution is -0.121. The largest absolute Gasteiger partial charge is 0.493 e. The molecule has 2 heterocycles. The lowest BCUT2D eigenvalue weighted by atomic mass is 10.1. The average molecular weight is 450 g/mol. The molecule has 0 saturated heterocycles. The maximum absolute atomic E-state index is 12.9. The maximum Gasteiger partial charge on any atom is 0.271 e. The molecule has 0 aliphatic rings. The fraction of sp³-hybridized carbons (Fsp3) is 0.208. The maximum atomic E-state index is 12.9. The number of carbonyl (C=O) groups excluding carboxylic acids is 1. The van der Waals surface area contributed by atoms with Gasteiger partial charge in [0, 0.05) is 23.1 Å². The van der Waals surface area contributed by atoms with Crippen LogP contribution in [0, 0.1) is 6.92 Å². The lowest BCUT2D eigenvalue weighted by Crippen LogP contribution is -2.32. The standard InChI is InChI=1S/C24H23N3O4S/c1-15-7-9-16(10-8-15)18-13-32-23-21(18)26-14-27(24(23)29)12-20(28)25-11-17-5-4-6-19(30-2)22(17)31-3/h4-10,13-14H,11-12H2,1-3H3,(H,25,28). The van der Waals surface area contributed by atoms with Gasteiger partial charge in [-0.05, 0) is 18.6 Å². The van der Waals surface area contributed by atoms with Crippen molar-refractivity contribution in [3.63, 3.8) is 0 Å². The molecule has 0 radical (unpaired) electrons. The SMILES string of the molecule is COc1cccc(CNC(=O)Cn2cnc3c(-c4ccc(C)cc4)csc3c2=O)c1OC. The van der Waals surface area contributed by atoms with Crippen molar-refractivity contribution in [3.8, 4) is 22.6 Å². The molecule has 0 spiro atoms. The van der Waals surface area contributed by atoms with E-state index in [4.69, 9.17) is 9.47 Å². The van der Waals surface area contributed by atoms with Crippen LogP contribution in [0.3, 0.4) is 0 Å². The van der Waals surface area contributed by atoms with E-state index in [1.165, 1.54) is 27.8 Å². The van der Waals surface area contributed by atoms with E-state index in [2.05, 4.69) is 10.3 Å². The van der Waals surface area contributed by atoms with Crippen LogP contribution in [0.5, 0.6) is 11.5 Å². The van der Waals surface area contributed by atoms with Crippen molar-refractivity contribution in [2.45, 2.75) is 20.0 Å². The van der Waals surface area contributed by atoms with Gasteiger partial charge >= 0.3 is 0 Å². The molecule has 1 N–H and O–H groups in total. The summed E-state index contributed by atoms with van der Waals surface area (Å²) in [6, 6.07) is 13.6. The van der Waals surface area contributed by atoms with Crippen LogP contribution in [-0.2, 0) is 17.9 Å². The molecule has 7 nitrogen and oxygen atoms in total. The summed E-state index contributed by atoms with van der Waals surface area (Å²) in [6.45, 7) is 2.16. The Balaban J connectivity index is 1.51. The number of thiophene rings is 1. The monoisotopic (exact) mass is 449 g/mol. The smallest absolute Gasteiger partial charge is 0.271 e. The van der Waals surface area contributed by atoms with Gasteiger partial charge in [-0.25, -0.2) is 4.98 Å². The number of rotatable bonds is 7. The summed E-state index contributed by atoms with van der Waals surface area (Å²) in [7, 11) is 3.11. The molecule has 2 aromatic heterocycles. The van der Waals surface area contributed by atoms with E-state index in [1.807, 2.05) is 48.7 Å². The van der Waals surface area contributed by atoms with Gasteiger partial charge in [0.2, 0.25) is 5.91 Å². The molecule has 4 rings (SSSR count). The Morgan fingerprint density at radius 2 is 1.91 bits per heavy atom. The summed E-state index contributed by atoms with van der Waals surface area (Å²) in [5.41, 5.74) is 4.30. The predicted octanol–water partition coefficient (Wildman–Crippen LogP) is 3.77. The van der Waals surface area contributed by atoms with Gasteiger partial charge in [-0.15, -0.1) is 11.3 Å². The number of methoxy groups -OCH3 is 2. The summed E-state index contributed by atoms with van der Waals surface area (Å²) in [5, 5.41) is 4.76. The first-order valence-electron chi connectivity index (χ1n) is 10.0. The number of hydrogen-bond acceptors (Lipinski definition) is 6. The summed E-state index contributed by atoms with van der Waals surface area (Å²) in [5.74, 6) is 0.860. The average Bonchev–Trinajstić information content (AvgIpc) is 3.24. The number of aromatic nitrogens is 2.